The third-order valence-corrected chi connectivity index (χ3v) is 4.73. The molecular formula is C16H28FIN4O2S. The summed E-state index contributed by atoms with van der Waals surface area (Å²) >= 11 is 0. The fraction of sp³-hybridized carbons (Fsp3) is 0.562. The van der Waals surface area contributed by atoms with Crippen molar-refractivity contribution in [2.45, 2.75) is 26.8 Å². The molecule has 25 heavy (non-hydrogen) atoms. The second-order valence-electron chi connectivity index (χ2n) is 5.36. The van der Waals surface area contributed by atoms with Gasteiger partial charge in [0, 0.05) is 26.2 Å². The highest BCUT2D eigenvalue weighted by molar-refractivity contribution is 14.0. The van der Waals surface area contributed by atoms with Gasteiger partial charge in [-0.25, -0.2) is 22.1 Å². The van der Waals surface area contributed by atoms with Gasteiger partial charge >= 0.3 is 0 Å². The van der Waals surface area contributed by atoms with E-state index < -0.39 is 10.0 Å². The summed E-state index contributed by atoms with van der Waals surface area (Å²) in [5.41, 5.74) is 0.793. The Labute approximate surface area is 167 Å². The maximum Gasteiger partial charge on any atom is 0.211 e. The first kappa shape index (κ1) is 24.1. The lowest BCUT2D eigenvalue weighted by Gasteiger charge is -2.18. The molecule has 0 atom stereocenters. The number of halogens is 2. The Bertz CT molecular complexity index is 641. The molecule has 2 N–H and O–H groups in total. The van der Waals surface area contributed by atoms with Crippen LogP contribution in [0.5, 0.6) is 0 Å². The van der Waals surface area contributed by atoms with Crippen LogP contribution < -0.4 is 10.6 Å². The molecule has 9 heteroatoms. The summed E-state index contributed by atoms with van der Waals surface area (Å²) < 4.78 is 37.6. The number of nitrogens with one attached hydrogen (secondary N) is 2. The van der Waals surface area contributed by atoms with E-state index in [1.807, 2.05) is 19.9 Å². The summed E-state index contributed by atoms with van der Waals surface area (Å²) in [4.78, 5) is 4.41. The van der Waals surface area contributed by atoms with Crippen LogP contribution in [0, 0.1) is 5.82 Å². The number of hydrogen-bond acceptors (Lipinski definition) is 3. The van der Waals surface area contributed by atoms with Crippen LogP contribution in [0.2, 0.25) is 0 Å². The Morgan fingerprint density at radius 1 is 1.28 bits per heavy atom. The van der Waals surface area contributed by atoms with Gasteiger partial charge in [-0.2, -0.15) is 0 Å². The first-order valence-electron chi connectivity index (χ1n) is 8.08. The normalized spacial score (nSPS) is 12.0. The summed E-state index contributed by atoms with van der Waals surface area (Å²) in [7, 11) is -3.15. The molecule has 0 aliphatic carbocycles. The fourth-order valence-corrected chi connectivity index (χ4v) is 3.10. The number of benzene rings is 1. The molecule has 1 aromatic rings. The van der Waals surface area contributed by atoms with Crippen molar-refractivity contribution in [3.05, 3.63) is 35.6 Å². The largest absolute Gasteiger partial charge is 0.357 e. The summed E-state index contributed by atoms with van der Waals surface area (Å²) in [6, 6.07) is 6.34. The van der Waals surface area contributed by atoms with Crippen LogP contribution in [0.1, 0.15) is 25.8 Å². The molecule has 0 fully saturated rings. The third kappa shape index (κ3) is 9.95. The van der Waals surface area contributed by atoms with E-state index in [1.165, 1.54) is 22.7 Å². The lowest BCUT2D eigenvalue weighted by molar-refractivity contribution is 0.424. The van der Waals surface area contributed by atoms with Gasteiger partial charge in [0.05, 0.1) is 12.8 Å². The quantitative estimate of drug-likeness (QED) is 0.243. The van der Waals surface area contributed by atoms with Crippen molar-refractivity contribution in [3.63, 3.8) is 0 Å². The molecule has 0 unspecified atom stereocenters. The highest BCUT2D eigenvalue weighted by Crippen LogP contribution is 2.04. The molecule has 0 radical (unpaired) electrons. The molecule has 144 valence electrons. The SMILES string of the molecule is CCNC(=NCc1cccc(F)c1)NCCCN(CC)S(C)(=O)=O.I. The smallest absolute Gasteiger partial charge is 0.211 e. The topological polar surface area (TPSA) is 73.8 Å². The molecule has 0 bridgehead atoms. The molecule has 0 aromatic heterocycles. The summed E-state index contributed by atoms with van der Waals surface area (Å²) in [6.07, 6.45) is 1.89. The minimum absolute atomic E-state index is 0. The highest BCUT2D eigenvalue weighted by Gasteiger charge is 2.13. The Morgan fingerprint density at radius 2 is 2.00 bits per heavy atom. The van der Waals surface area contributed by atoms with E-state index in [9.17, 15) is 12.8 Å². The van der Waals surface area contributed by atoms with Gasteiger partial charge in [-0.1, -0.05) is 19.1 Å². The third-order valence-electron chi connectivity index (χ3n) is 3.35. The minimum atomic E-state index is -3.15. The molecule has 1 rings (SSSR count). The summed E-state index contributed by atoms with van der Waals surface area (Å²) in [5.74, 6) is 0.352. The average Bonchev–Trinajstić information content (AvgIpc) is 2.51. The van der Waals surface area contributed by atoms with Crippen LogP contribution in [0.3, 0.4) is 0 Å². The van der Waals surface area contributed by atoms with Gasteiger partial charge < -0.3 is 10.6 Å². The van der Waals surface area contributed by atoms with Crippen LogP contribution in [0.4, 0.5) is 4.39 Å². The van der Waals surface area contributed by atoms with Gasteiger partial charge in [0.25, 0.3) is 0 Å². The lowest BCUT2D eigenvalue weighted by Crippen LogP contribution is -2.39. The number of aliphatic imine (C=N–C) groups is 1. The zero-order chi connectivity index (χ0) is 18.0. The lowest BCUT2D eigenvalue weighted by atomic mass is 10.2. The molecule has 0 saturated carbocycles. The molecule has 0 aliphatic heterocycles. The van der Waals surface area contributed by atoms with Crippen molar-refractivity contribution in [2.24, 2.45) is 4.99 Å². The zero-order valence-corrected chi connectivity index (χ0v) is 18.1. The molecule has 0 amide bonds. The first-order valence-corrected chi connectivity index (χ1v) is 9.93. The molecule has 0 heterocycles. The maximum atomic E-state index is 13.2. The second-order valence-corrected chi connectivity index (χ2v) is 7.34. The molecule has 6 nitrogen and oxygen atoms in total. The van der Waals surface area contributed by atoms with E-state index >= 15 is 0 Å². The monoisotopic (exact) mass is 486 g/mol. The number of nitrogens with zero attached hydrogens (tertiary/aromatic N) is 2. The van der Waals surface area contributed by atoms with Crippen molar-refractivity contribution < 1.29 is 12.8 Å². The molecule has 0 saturated heterocycles. The predicted molar refractivity (Wildman–Crippen MR) is 111 cm³/mol. The number of rotatable bonds is 9. The highest BCUT2D eigenvalue weighted by atomic mass is 127. The maximum absolute atomic E-state index is 13.2. The minimum Gasteiger partial charge on any atom is -0.357 e. The second kappa shape index (κ2) is 12.4. The van der Waals surface area contributed by atoms with E-state index in [4.69, 9.17) is 0 Å². The number of sulfonamides is 1. The molecule has 0 aliphatic rings. The van der Waals surface area contributed by atoms with E-state index in [0.29, 0.717) is 45.1 Å². The van der Waals surface area contributed by atoms with Crippen molar-refractivity contribution in [2.75, 3.05) is 32.4 Å². The molecular weight excluding hydrogens is 458 g/mol. The van der Waals surface area contributed by atoms with Crippen molar-refractivity contribution >= 4 is 40.0 Å². The Hall–Kier alpha value is -0.940. The Balaban J connectivity index is 0.00000576. The predicted octanol–water partition coefficient (Wildman–Crippen LogP) is 2.17. The van der Waals surface area contributed by atoms with Gasteiger partial charge in [-0.15, -0.1) is 24.0 Å². The van der Waals surface area contributed by atoms with Crippen molar-refractivity contribution in [3.8, 4) is 0 Å². The van der Waals surface area contributed by atoms with E-state index in [2.05, 4.69) is 15.6 Å². The van der Waals surface area contributed by atoms with Crippen LogP contribution >= 0.6 is 24.0 Å². The summed E-state index contributed by atoms with van der Waals surface area (Å²) in [6.45, 7) is 6.39. The Kier molecular flexibility index (Phi) is 12.0. The van der Waals surface area contributed by atoms with E-state index in [-0.39, 0.29) is 29.8 Å². The standard InChI is InChI=1S/C16H27FN4O2S.HI/c1-4-18-16(20-13-14-8-6-9-15(17)12-14)19-10-7-11-21(5-2)24(3,22)23;/h6,8-9,12H,4-5,7,10-11,13H2,1-3H3,(H2,18,19,20);1H. The van der Waals surface area contributed by atoms with Crippen LogP contribution in [-0.4, -0.2) is 51.1 Å². The van der Waals surface area contributed by atoms with Crippen molar-refractivity contribution in [1.82, 2.24) is 14.9 Å². The molecule has 0 spiro atoms. The van der Waals surface area contributed by atoms with Crippen LogP contribution in [-0.2, 0) is 16.6 Å². The Morgan fingerprint density at radius 3 is 2.56 bits per heavy atom. The zero-order valence-electron chi connectivity index (χ0n) is 15.0. The number of guanidine groups is 1. The van der Waals surface area contributed by atoms with Gasteiger partial charge in [-0.05, 0) is 31.0 Å². The van der Waals surface area contributed by atoms with E-state index in [1.54, 1.807) is 6.07 Å². The van der Waals surface area contributed by atoms with E-state index in [0.717, 1.165) is 5.56 Å². The molecule has 1 aromatic carbocycles. The first-order chi connectivity index (χ1) is 11.4. The average molecular weight is 486 g/mol. The van der Waals surface area contributed by atoms with Gasteiger partial charge in [-0.3, -0.25) is 0 Å². The van der Waals surface area contributed by atoms with Gasteiger partial charge in [0.1, 0.15) is 5.82 Å². The fourth-order valence-electron chi connectivity index (χ4n) is 2.17. The van der Waals surface area contributed by atoms with Crippen LogP contribution in [0.25, 0.3) is 0 Å². The number of hydrogen-bond donors (Lipinski definition) is 2. The van der Waals surface area contributed by atoms with Gasteiger partial charge in [0.2, 0.25) is 10.0 Å². The summed E-state index contributed by atoms with van der Waals surface area (Å²) in [5, 5.41) is 6.27. The van der Waals surface area contributed by atoms with Crippen LogP contribution in [0.15, 0.2) is 29.3 Å². The van der Waals surface area contributed by atoms with Gasteiger partial charge in [0.15, 0.2) is 5.96 Å². The van der Waals surface area contributed by atoms with Crippen molar-refractivity contribution in [1.29, 1.82) is 0 Å².